The fourth-order valence-electron chi connectivity index (χ4n) is 2.36. The van der Waals surface area contributed by atoms with E-state index in [-0.39, 0.29) is 12.5 Å². The van der Waals surface area contributed by atoms with Gasteiger partial charge in [0, 0.05) is 19.6 Å². The highest BCUT2D eigenvalue weighted by atomic mass is 16.6. The lowest BCUT2D eigenvalue weighted by Crippen LogP contribution is -2.53. The van der Waals surface area contributed by atoms with E-state index in [1.165, 1.54) is 4.90 Å². The summed E-state index contributed by atoms with van der Waals surface area (Å²) in [6.07, 6.45) is -0.563. The van der Waals surface area contributed by atoms with Crippen LogP contribution in [0.4, 0.5) is 4.79 Å². The summed E-state index contributed by atoms with van der Waals surface area (Å²) in [5.74, 6) is 0.582. The van der Waals surface area contributed by atoms with Crippen LogP contribution in [0.2, 0.25) is 0 Å². The van der Waals surface area contributed by atoms with Crippen molar-refractivity contribution in [2.75, 3.05) is 26.7 Å². The Kier molecular flexibility index (Phi) is 5.26. The summed E-state index contributed by atoms with van der Waals surface area (Å²) < 4.78 is 10.4. The van der Waals surface area contributed by atoms with Crippen LogP contribution in [0.5, 0.6) is 5.75 Å². The second-order valence-electron chi connectivity index (χ2n) is 6.58. The maximum Gasteiger partial charge on any atom is 0.417 e. The topological polar surface area (TPSA) is 59.1 Å². The molecular formula is C17H24N2O4. The van der Waals surface area contributed by atoms with Crippen molar-refractivity contribution in [2.24, 2.45) is 0 Å². The van der Waals surface area contributed by atoms with Crippen molar-refractivity contribution >= 4 is 12.0 Å². The van der Waals surface area contributed by atoms with Crippen LogP contribution in [0.25, 0.3) is 0 Å². The summed E-state index contributed by atoms with van der Waals surface area (Å²) in [6.45, 7) is 7.23. The van der Waals surface area contributed by atoms with Crippen LogP contribution in [0, 0.1) is 0 Å². The highest BCUT2D eigenvalue weighted by molar-refractivity contribution is 5.93. The van der Waals surface area contributed by atoms with Gasteiger partial charge in [0.05, 0.1) is 13.7 Å². The lowest BCUT2D eigenvalue weighted by atomic mass is 10.2. The molecule has 1 aliphatic rings. The van der Waals surface area contributed by atoms with Crippen molar-refractivity contribution in [2.45, 2.75) is 32.9 Å². The summed E-state index contributed by atoms with van der Waals surface area (Å²) in [5, 5.41) is 0. The largest absolute Gasteiger partial charge is 0.497 e. The van der Waals surface area contributed by atoms with Gasteiger partial charge in [-0.1, -0.05) is 12.1 Å². The van der Waals surface area contributed by atoms with Crippen LogP contribution in [0.15, 0.2) is 24.3 Å². The Hall–Kier alpha value is -2.08. The number of benzene rings is 1. The average molecular weight is 320 g/mol. The molecule has 1 aliphatic heterocycles. The summed E-state index contributed by atoms with van der Waals surface area (Å²) in [4.78, 5) is 27.4. The lowest BCUT2D eigenvalue weighted by molar-refractivity contribution is -0.135. The van der Waals surface area contributed by atoms with E-state index >= 15 is 0 Å². The first kappa shape index (κ1) is 17.3. The molecule has 0 atom stereocenters. The third-order valence-electron chi connectivity index (χ3n) is 3.48. The number of amides is 2. The van der Waals surface area contributed by atoms with Crippen LogP contribution in [-0.2, 0) is 16.1 Å². The van der Waals surface area contributed by atoms with Gasteiger partial charge in [-0.25, -0.2) is 9.69 Å². The third kappa shape index (κ3) is 4.96. The number of ether oxygens (including phenoxy) is 2. The predicted octanol–water partition coefficient (Wildman–Crippen LogP) is 2.27. The smallest absolute Gasteiger partial charge is 0.417 e. The number of nitrogens with zero attached hydrogens (tertiary/aromatic N) is 2. The molecule has 2 amide bonds. The van der Waals surface area contributed by atoms with Gasteiger partial charge < -0.3 is 9.47 Å². The molecule has 23 heavy (non-hydrogen) atoms. The van der Waals surface area contributed by atoms with Gasteiger partial charge in [0.2, 0.25) is 5.91 Å². The number of rotatable bonds is 3. The number of piperazine rings is 1. The fourth-order valence-corrected chi connectivity index (χ4v) is 2.36. The van der Waals surface area contributed by atoms with Crippen molar-refractivity contribution in [3.8, 4) is 5.75 Å². The zero-order valence-corrected chi connectivity index (χ0v) is 14.2. The molecule has 1 saturated heterocycles. The van der Waals surface area contributed by atoms with E-state index in [0.717, 1.165) is 11.3 Å². The van der Waals surface area contributed by atoms with Crippen molar-refractivity contribution in [3.05, 3.63) is 29.8 Å². The summed E-state index contributed by atoms with van der Waals surface area (Å²) >= 11 is 0. The SMILES string of the molecule is COc1ccc(CN2CCN(C(=O)OC(C)(C)C)C(=O)C2)cc1. The minimum Gasteiger partial charge on any atom is -0.497 e. The summed E-state index contributed by atoms with van der Waals surface area (Å²) in [6, 6.07) is 7.75. The quantitative estimate of drug-likeness (QED) is 0.855. The molecule has 0 saturated carbocycles. The minimum atomic E-state index is -0.600. The number of carbonyl (C=O) groups is 2. The van der Waals surface area contributed by atoms with Gasteiger partial charge in [0.25, 0.3) is 0 Å². The number of hydrogen-bond donors (Lipinski definition) is 0. The molecule has 1 aromatic carbocycles. The summed E-state index contributed by atoms with van der Waals surface area (Å²) in [7, 11) is 1.63. The first-order valence-electron chi connectivity index (χ1n) is 7.67. The number of carbonyl (C=O) groups excluding carboxylic acids is 2. The molecule has 0 bridgehead atoms. The number of hydrogen-bond acceptors (Lipinski definition) is 5. The Labute approximate surface area is 137 Å². The van der Waals surface area contributed by atoms with E-state index in [1.54, 1.807) is 27.9 Å². The summed E-state index contributed by atoms with van der Waals surface area (Å²) in [5.41, 5.74) is 0.502. The van der Waals surface area contributed by atoms with E-state index < -0.39 is 11.7 Å². The second-order valence-corrected chi connectivity index (χ2v) is 6.58. The molecule has 6 heteroatoms. The molecule has 1 aromatic rings. The van der Waals surface area contributed by atoms with Crippen LogP contribution >= 0.6 is 0 Å². The molecule has 6 nitrogen and oxygen atoms in total. The standard InChI is InChI=1S/C17H24N2O4/c1-17(2,3)23-16(21)19-10-9-18(12-15(19)20)11-13-5-7-14(22-4)8-6-13/h5-8H,9-12H2,1-4H3. The van der Waals surface area contributed by atoms with E-state index in [4.69, 9.17) is 9.47 Å². The number of methoxy groups -OCH3 is 1. The van der Waals surface area contributed by atoms with Gasteiger partial charge >= 0.3 is 6.09 Å². The normalized spacial score (nSPS) is 16.3. The van der Waals surface area contributed by atoms with Gasteiger partial charge in [-0.2, -0.15) is 0 Å². The average Bonchev–Trinajstić information content (AvgIpc) is 2.46. The number of imide groups is 1. The molecule has 2 rings (SSSR count). The van der Waals surface area contributed by atoms with Crippen molar-refractivity contribution in [3.63, 3.8) is 0 Å². The monoisotopic (exact) mass is 320 g/mol. The third-order valence-corrected chi connectivity index (χ3v) is 3.48. The van der Waals surface area contributed by atoms with Crippen LogP contribution in [0.1, 0.15) is 26.3 Å². The Balaban J connectivity index is 1.90. The molecule has 0 unspecified atom stereocenters. The van der Waals surface area contributed by atoms with E-state index in [2.05, 4.69) is 0 Å². The maximum absolute atomic E-state index is 12.2. The van der Waals surface area contributed by atoms with E-state index in [1.807, 2.05) is 29.2 Å². The Morgan fingerprint density at radius 1 is 1.17 bits per heavy atom. The molecule has 0 radical (unpaired) electrons. The van der Waals surface area contributed by atoms with Gasteiger partial charge in [-0.05, 0) is 38.5 Å². The molecule has 1 heterocycles. The van der Waals surface area contributed by atoms with Crippen LogP contribution < -0.4 is 4.74 Å². The van der Waals surface area contributed by atoms with Crippen LogP contribution in [-0.4, -0.2) is 54.1 Å². The van der Waals surface area contributed by atoms with Gasteiger partial charge in [0.1, 0.15) is 11.4 Å². The van der Waals surface area contributed by atoms with Crippen LogP contribution in [0.3, 0.4) is 0 Å². The molecule has 0 aliphatic carbocycles. The first-order valence-corrected chi connectivity index (χ1v) is 7.67. The Morgan fingerprint density at radius 2 is 1.83 bits per heavy atom. The molecule has 0 aromatic heterocycles. The zero-order chi connectivity index (χ0) is 17.0. The lowest BCUT2D eigenvalue weighted by Gasteiger charge is -2.34. The van der Waals surface area contributed by atoms with Crippen molar-refractivity contribution < 1.29 is 19.1 Å². The minimum absolute atomic E-state index is 0.214. The molecular weight excluding hydrogens is 296 g/mol. The first-order chi connectivity index (χ1) is 10.8. The predicted molar refractivity (Wildman–Crippen MR) is 86.2 cm³/mol. The Morgan fingerprint density at radius 3 is 2.35 bits per heavy atom. The van der Waals surface area contributed by atoms with Gasteiger partial charge in [0.15, 0.2) is 0 Å². The van der Waals surface area contributed by atoms with Crippen molar-refractivity contribution in [1.82, 2.24) is 9.80 Å². The molecule has 0 N–H and O–H groups in total. The zero-order valence-electron chi connectivity index (χ0n) is 14.2. The Bertz CT molecular complexity index is 563. The van der Waals surface area contributed by atoms with Gasteiger partial charge in [-0.15, -0.1) is 0 Å². The molecule has 1 fully saturated rings. The molecule has 126 valence electrons. The van der Waals surface area contributed by atoms with Crippen molar-refractivity contribution in [1.29, 1.82) is 0 Å². The van der Waals surface area contributed by atoms with E-state index in [9.17, 15) is 9.59 Å². The second kappa shape index (κ2) is 7.00. The maximum atomic E-state index is 12.2. The van der Waals surface area contributed by atoms with Gasteiger partial charge in [-0.3, -0.25) is 9.69 Å². The highest BCUT2D eigenvalue weighted by Crippen LogP contribution is 2.16. The van der Waals surface area contributed by atoms with E-state index in [0.29, 0.717) is 19.6 Å². The molecule has 0 spiro atoms. The fraction of sp³-hybridized carbons (Fsp3) is 0.529. The highest BCUT2D eigenvalue weighted by Gasteiger charge is 2.31.